The van der Waals surface area contributed by atoms with Gasteiger partial charge in [-0.3, -0.25) is 9.36 Å². The molecular weight excluding hydrogens is 517 g/mol. The molecule has 0 bridgehead atoms. The maximum absolute atomic E-state index is 11.7. The Bertz CT molecular complexity index is 539. The minimum absolute atomic E-state index is 0.112. The summed E-state index contributed by atoms with van der Waals surface area (Å²) in [7, 11) is -2.60. The van der Waals surface area contributed by atoms with Crippen LogP contribution in [-0.2, 0) is 27.9 Å². The second kappa shape index (κ2) is 32.0. The van der Waals surface area contributed by atoms with E-state index in [0.29, 0.717) is 32.7 Å². The topological polar surface area (TPSA) is 117 Å². The zero-order chi connectivity index (χ0) is 28.7. The molecule has 8 nitrogen and oxygen atoms in total. The maximum Gasteiger partial charge on any atom is 0.319 e. The van der Waals surface area contributed by atoms with Gasteiger partial charge in [0.1, 0.15) is 6.10 Å². The number of aliphatic carboxylic acids is 1. The molecule has 2 unspecified atom stereocenters. The standard InChI is InChI=1S/C30H62NO7P/c1-2-3-4-5-6-7-8-9-10-11-12-13-14-15-16-17-18-20-24-35-27-29(28-38-39(34)37-26-23-31)36-25-21-19-22-30(32)33/h29,39H,2-28,31H2,1H3,(H,32,33). The van der Waals surface area contributed by atoms with Crippen LogP contribution in [0, 0.1) is 0 Å². The first kappa shape index (κ1) is 38.5. The molecule has 0 fully saturated rings. The summed E-state index contributed by atoms with van der Waals surface area (Å²) < 4.78 is 33.6. The molecule has 0 aliphatic rings. The van der Waals surface area contributed by atoms with Gasteiger partial charge in [-0.1, -0.05) is 116 Å². The van der Waals surface area contributed by atoms with E-state index >= 15 is 0 Å². The molecular formula is C30H62NO7P. The lowest BCUT2D eigenvalue weighted by molar-refractivity contribution is -0.137. The van der Waals surface area contributed by atoms with Gasteiger partial charge in [-0.05, 0) is 19.3 Å². The summed E-state index contributed by atoms with van der Waals surface area (Å²) in [5.41, 5.74) is 5.35. The van der Waals surface area contributed by atoms with Gasteiger partial charge in [0, 0.05) is 26.2 Å². The van der Waals surface area contributed by atoms with Crippen molar-refractivity contribution >= 4 is 14.2 Å². The summed E-state index contributed by atoms with van der Waals surface area (Å²) in [6.07, 6.45) is 25.3. The summed E-state index contributed by atoms with van der Waals surface area (Å²) in [4.78, 5) is 10.6. The molecule has 0 spiro atoms. The zero-order valence-electron chi connectivity index (χ0n) is 25.1. The Balaban J connectivity index is 3.63. The van der Waals surface area contributed by atoms with Crippen molar-refractivity contribution in [2.24, 2.45) is 5.73 Å². The summed E-state index contributed by atoms with van der Waals surface area (Å²) in [5, 5.41) is 8.73. The molecule has 0 aromatic heterocycles. The summed E-state index contributed by atoms with van der Waals surface area (Å²) in [6.45, 7) is 4.29. The SMILES string of the molecule is CCCCCCCCCCCCCCCCCCCCOCC(CO[PH](=O)OCCN)OCCCCC(=O)O. The third kappa shape index (κ3) is 31.9. The Hall–Kier alpha value is -0.500. The monoisotopic (exact) mass is 579 g/mol. The van der Waals surface area contributed by atoms with E-state index in [-0.39, 0.29) is 32.3 Å². The van der Waals surface area contributed by atoms with Gasteiger partial charge in [-0.2, -0.15) is 0 Å². The molecule has 0 saturated heterocycles. The van der Waals surface area contributed by atoms with Gasteiger partial charge in [-0.15, -0.1) is 0 Å². The number of carboxylic acids is 1. The Kier molecular flexibility index (Phi) is 31.6. The number of hydrogen-bond acceptors (Lipinski definition) is 7. The van der Waals surface area contributed by atoms with E-state index in [1.54, 1.807) is 0 Å². The van der Waals surface area contributed by atoms with Crippen molar-refractivity contribution in [2.45, 2.75) is 148 Å². The Morgan fingerprint density at radius 2 is 1.15 bits per heavy atom. The van der Waals surface area contributed by atoms with Crippen molar-refractivity contribution in [3.8, 4) is 0 Å². The van der Waals surface area contributed by atoms with E-state index in [1.165, 1.54) is 103 Å². The predicted octanol–water partition coefficient (Wildman–Crippen LogP) is 8.07. The smallest absolute Gasteiger partial charge is 0.319 e. The van der Waals surface area contributed by atoms with Crippen molar-refractivity contribution in [3.63, 3.8) is 0 Å². The molecule has 39 heavy (non-hydrogen) atoms. The van der Waals surface area contributed by atoms with Gasteiger partial charge in [0.2, 0.25) is 0 Å². The molecule has 9 heteroatoms. The van der Waals surface area contributed by atoms with Crippen LogP contribution in [0.25, 0.3) is 0 Å². The summed E-state index contributed by atoms with van der Waals surface area (Å²) >= 11 is 0. The van der Waals surface area contributed by atoms with Crippen LogP contribution in [0.15, 0.2) is 0 Å². The van der Waals surface area contributed by atoms with Crippen LogP contribution in [0.5, 0.6) is 0 Å². The largest absolute Gasteiger partial charge is 0.481 e. The minimum Gasteiger partial charge on any atom is -0.481 e. The van der Waals surface area contributed by atoms with Gasteiger partial charge in [0.15, 0.2) is 0 Å². The molecule has 0 radical (unpaired) electrons. The first-order valence-electron chi connectivity index (χ1n) is 16.0. The van der Waals surface area contributed by atoms with Gasteiger partial charge in [0.25, 0.3) is 0 Å². The van der Waals surface area contributed by atoms with Crippen molar-refractivity contribution < 1.29 is 33.0 Å². The maximum atomic E-state index is 11.7. The molecule has 0 heterocycles. The van der Waals surface area contributed by atoms with Crippen molar-refractivity contribution in [2.75, 3.05) is 39.6 Å². The number of carbonyl (C=O) groups is 1. The van der Waals surface area contributed by atoms with E-state index in [4.69, 9.17) is 29.4 Å². The van der Waals surface area contributed by atoms with Crippen LogP contribution in [0.4, 0.5) is 0 Å². The van der Waals surface area contributed by atoms with Crippen molar-refractivity contribution in [1.29, 1.82) is 0 Å². The highest BCUT2D eigenvalue weighted by molar-refractivity contribution is 7.33. The first-order valence-corrected chi connectivity index (χ1v) is 17.2. The molecule has 234 valence electrons. The highest BCUT2D eigenvalue weighted by Crippen LogP contribution is 2.23. The third-order valence-corrected chi connectivity index (χ3v) is 7.65. The molecule has 0 saturated carbocycles. The van der Waals surface area contributed by atoms with E-state index < -0.39 is 14.2 Å². The van der Waals surface area contributed by atoms with E-state index in [0.717, 1.165) is 12.8 Å². The Morgan fingerprint density at radius 1 is 0.667 bits per heavy atom. The number of carboxylic acid groups (broad SMARTS) is 1. The number of nitrogens with two attached hydrogens (primary N) is 1. The molecule has 0 amide bonds. The molecule has 3 N–H and O–H groups in total. The fourth-order valence-electron chi connectivity index (χ4n) is 4.44. The molecule has 0 aliphatic carbocycles. The highest BCUT2D eigenvalue weighted by atomic mass is 31.1. The molecule has 0 rings (SSSR count). The summed E-state index contributed by atoms with van der Waals surface area (Å²) in [5.74, 6) is -0.807. The summed E-state index contributed by atoms with van der Waals surface area (Å²) in [6, 6.07) is 0. The van der Waals surface area contributed by atoms with Crippen LogP contribution in [-0.4, -0.2) is 56.8 Å². The van der Waals surface area contributed by atoms with Crippen molar-refractivity contribution in [1.82, 2.24) is 0 Å². The normalized spacial score (nSPS) is 13.1. The Labute approximate surface area is 240 Å². The molecule has 0 aliphatic heterocycles. The van der Waals surface area contributed by atoms with Crippen LogP contribution in [0.2, 0.25) is 0 Å². The lowest BCUT2D eigenvalue weighted by atomic mass is 10.0. The number of unbranched alkanes of at least 4 members (excludes halogenated alkanes) is 18. The minimum atomic E-state index is -2.60. The number of ether oxygens (including phenoxy) is 2. The zero-order valence-corrected chi connectivity index (χ0v) is 26.1. The Morgan fingerprint density at radius 3 is 1.64 bits per heavy atom. The van der Waals surface area contributed by atoms with Gasteiger partial charge in [0.05, 0.1) is 19.8 Å². The second-order valence-electron chi connectivity index (χ2n) is 10.6. The van der Waals surface area contributed by atoms with Crippen molar-refractivity contribution in [3.05, 3.63) is 0 Å². The molecule has 0 aromatic carbocycles. The van der Waals surface area contributed by atoms with Gasteiger partial charge >= 0.3 is 14.2 Å². The fraction of sp³-hybridized carbons (Fsp3) is 0.967. The van der Waals surface area contributed by atoms with Crippen LogP contribution in [0.1, 0.15) is 142 Å². The van der Waals surface area contributed by atoms with E-state index in [2.05, 4.69) is 6.92 Å². The van der Waals surface area contributed by atoms with Gasteiger partial charge < -0.3 is 29.4 Å². The number of rotatable bonds is 33. The average molecular weight is 580 g/mol. The fourth-order valence-corrected chi connectivity index (χ4v) is 5.13. The quantitative estimate of drug-likeness (QED) is 0.0592. The van der Waals surface area contributed by atoms with Crippen LogP contribution < -0.4 is 5.73 Å². The average Bonchev–Trinajstić information content (AvgIpc) is 2.92. The first-order chi connectivity index (χ1) is 19.1. The van der Waals surface area contributed by atoms with Crippen LogP contribution >= 0.6 is 8.25 Å². The number of hydrogen-bond donors (Lipinski definition) is 2. The van der Waals surface area contributed by atoms with E-state index in [1.807, 2.05) is 0 Å². The molecule has 0 aromatic rings. The van der Waals surface area contributed by atoms with E-state index in [9.17, 15) is 9.36 Å². The lowest BCUT2D eigenvalue weighted by Gasteiger charge is -2.18. The highest BCUT2D eigenvalue weighted by Gasteiger charge is 2.13. The lowest BCUT2D eigenvalue weighted by Crippen LogP contribution is -2.25. The molecule has 2 atom stereocenters. The predicted molar refractivity (Wildman–Crippen MR) is 161 cm³/mol. The van der Waals surface area contributed by atoms with Crippen LogP contribution in [0.3, 0.4) is 0 Å². The third-order valence-electron chi connectivity index (χ3n) is 6.81. The van der Waals surface area contributed by atoms with Gasteiger partial charge in [-0.25, -0.2) is 0 Å². The second-order valence-corrected chi connectivity index (χ2v) is 11.7.